The number of fused-ring (bicyclic) bond motifs is 3. The number of rotatable bonds is 8. The van der Waals surface area contributed by atoms with E-state index in [1.807, 2.05) is 28.5 Å². The van der Waals surface area contributed by atoms with Crippen molar-refractivity contribution in [3.63, 3.8) is 0 Å². The Morgan fingerprint density at radius 1 is 0.782 bits per heavy atom. The van der Waals surface area contributed by atoms with Crippen LogP contribution in [0.5, 0.6) is 0 Å². The molecule has 286 valence electrons. The Morgan fingerprint density at radius 2 is 1.29 bits per heavy atom. The Bertz CT molecular complexity index is 2380. The van der Waals surface area contributed by atoms with Gasteiger partial charge in [-0.1, -0.05) is 37.9 Å². The molecular formula is C39H44N10O4S2. The van der Waals surface area contributed by atoms with E-state index in [4.69, 9.17) is 41.3 Å². The Balaban J connectivity index is 1.28. The molecule has 0 bridgehead atoms. The SMILES string of the molecule is CN(C)C(=O)c1cc2cnc(N(c3ncc4cc(C(=O)N(C)C)n(C5CCCC5)c4n3)c3csc4c(=S)cc(N5CCOCC5)oc34)nc2n1C1CCCC1. The lowest BCUT2D eigenvalue weighted by Crippen LogP contribution is -2.36. The highest BCUT2D eigenvalue weighted by atomic mass is 32.1. The minimum atomic E-state index is -0.0795. The van der Waals surface area contributed by atoms with Crippen molar-refractivity contribution < 1.29 is 18.7 Å². The smallest absolute Gasteiger partial charge is 0.270 e. The zero-order chi connectivity index (χ0) is 38.0. The second-order valence-electron chi connectivity index (χ2n) is 15.1. The van der Waals surface area contributed by atoms with Crippen molar-refractivity contribution in [2.75, 3.05) is 64.3 Å². The van der Waals surface area contributed by atoms with Crippen LogP contribution in [0.4, 0.5) is 23.5 Å². The van der Waals surface area contributed by atoms with Crippen LogP contribution in [0.2, 0.25) is 0 Å². The molecule has 0 radical (unpaired) electrons. The number of nitrogens with zero attached hydrogens (tertiary/aromatic N) is 10. The maximum absolute atomic E-state index is 13.6. The number of carbonyl (C=O) groups is 2. The summed E-state index contributed by atoms with van der Waals surface area (Å²) >= 11 is 7.44. The number of morpholine rings is 1. The fourth-order valence-corrected chi connectivity index (χ4v) is 9.59. The van der Waals surface area contributed by atoms with Gasteiger partial charge in [0.15, 0.2) is 11.5 Å². The summed E-state index contributed by atoms with van der Waals surface area (Å²) in [5.41, 5.74) is 3.77. The van der Waals surface area contributed by atoms with Crippen LogP contribution in [-0.4, -0.2) is 105 Å². The largest absolute Gasteiger partial charge is 0.437 e. The molecule has 16 heteroatoms. The van der Waals surface area contributed by atoms with Gasteiger partial charge in [-0.15, -0.1) is 11.3 Å². The average molecular weight is 781 g/mol. The lowest BCUT2D eigenvalue weighted by Gasteiger charge is -2.27. The highest BCUT2D eigenvalue weighted by molar-refractivity contribution is 7.72. The number of carbonyl (C=O) groups excluding carboxylic acids is 2. The Hall–Kier alpha value is -4.93. The fourth-order valence-electron chi connectivity index (χ4n) is 8.38. The standard InChI is InChI=1S/C39H44N10O4S2/c1-44(2)36(50)27-17-23-20-40-38(42-34(23)47(27)25-9-5-6-10-25)49(29-22-55-33-30(54)19-31(53-32(29)33)46-13-15-52-16-14-46)39-41-21-24-18-28(37(51)45(3)4)48(35(24)43-39)26-11-7-8-12-26/h17-22,25-26H,5-16H2,1-4H3. The van der Waals surface area contributed by atoms with Gasteiger partial charge < -0.3 is 33.0 Å². The highest BCUT2D eigenvalue weighted by Crippen LogP contribution is 2.44. The molecule has 0 atom stereocenters. The van der Waals surface area contributed by atoms with Crippen molar-refractivity contribution >= 4 is 91.2 Å². The third-order valence-electron chi connectivity index (χ3n) is 11.1. The third-order valence-corrected chi connectivity index (χ3v) is 12.6. The van der Waals surface area contributed by atoms with Gasteiger partial charge >= 0.3 is 0 Å². The van der Waals surface area contributed by atoms with Crippen LogP contribution in [0.15, 0.2) is 40.4 Å². The van der Waals surface area contributed by atoms with Gasteiger partial charge in [-0.3, -0.25) is 9.59 Å². The predicted molar refractivity (Wildman–Crippen MR) is 216 cm³/mol. The normalized spacial score (nSPS) is 16.9. The van der Waals surface area contributed by atoms with Crippen LogP contribution in [0.3, 0.4) is 0 Å². The molecule has 14 nitrogen and oxygen atoms in total. The van der Waals surface area contributed by atoms with Gasteiger partial charge in [0.05, 0.1) is 22.4 Å². The summed E-state index contributed by atoms with van der Waals surface area (Å²) in [6.45, 7) is 2.57. The summed E-state index contributed by atoms with van der Waals surface area (Å²) in [5.74, 6) is 1.16. The molecule has 2 aliphatic carbocycles. The van der Waals surface area contributed by atoms with E-state index in [9.17, 15) is 9.59 Å². The van der Waals surface area contributed by atoms with Crippen molar-refractivity contribution in [2.24, 2.45) is 0 Å². The van der Waals surface area contributed by atoms with E-state index in [-0.39, 0.29) is 23.9 Å². The molecule has 6 aromatic rings. The van der Waals surface area contributed by atoms with Crippen LogP contribution in [0, 0.1) is 4.51 Å². The van der Waals surface area contributed by atoms with Crippen molar-refractivity contribution in [1.82, 2.24) is 38.9 Å². The molecule has 55 heavy (non-hydrogen) atoms. The lowest BCUT2D eigenvalue weighted by atomic mass is 10.2. The van der Waals surface area contributed by atoms with Gasteiger partial charge in [0.1, 0.15) is 28.4 Å². The number of amides is 2. The van der Waals surface area contributed by atoms with Crippen LogP contribution in [-0.2, 0) is 4.74 Å². The van der Waals surface area contributed by atoms with Gasteiger partial charge in [0, 0.05) is 88.0 Å². The molecule has 0 spiro atoms. The highest BCUT2D eigenvalue weighted by Gasteiger charge is 2.32. The fraction of sp³-hybridized carbons (Fsp3) is 0.462. The number of thiophene rings is 1. The second kappa shape index (κ2) is 14.3. The first-order valence-corrected chi connectivity index (χ1v) is 20.3. The zero-order valence-electron chi connectivity index (χ0n) is 31.5. The molecule has 2 saturated carbocycles. The van der Waals surface area contributed by atoms with Crippen molar-refractivity contribution in [2.45, 2.75) is 63.5 Å². The van der Waals surface area contributed by atoms with Gasteiger partial charge in [0.25, 0.3) is 11.8 Å². The molecule has 6 aromatic heterocycles. The Kier molecular flexibility index (Phi) is 9.29. The first-order valence-electron chi connectivity index (χ1n) is 19.1. The van der Waals surface area contributed by atoms with Crippen LogP contribution in [0.25, 0.3) is 32.3 Å². The topological polar surface area (TPSA) is 131 Å². The molecule has 3 aliphatic rings. The van der Waals surface area contributed by atoms with Crippen molar-refractivity contribution in [3.05, 3.63) is 51.9 Å². The van der Waals surface area contributed by atoms with Crippen LogP contribution < -0.4 is 9.80 Å². The van der Waals surface area contributed by atoms with E-state index in [2.05, 4.69) is 14.0 Å². The summed E-state index contributed by atoms with van der Waals surface area (Å²) in [6, 6.07) is 5.99. The minimum absolute atomic E-state index is 0.0795. The first-order chi connectivity index (χ1) is 26.7. The van der Waals surface area contributed by atoms with Crippen LogP contribution in [0.1, 0.15) is 84.4 Å². The van der Waals surface area contributed by atoms with E-state index in [1.165, 1.54) is 11.3 Å². The summed E-state index contributed by atoms with van der Waals surface area (Å²) in [7, 11) is 7.09. The third kappa shape index (κ3) is 6.23. The monoisotopic (exact) mass is 780 g/mol. The van der Waals surface area contributed by atoms with E-state index in [1.54, 1.807) is 50.4 Å². The summed E-state index contributed by atoms with van der Waals surface area (Å²) < 4.78 is 18.1. The molecule has 0 unspecified atom stereocenters. The van der Waals surface area contributed by atoms with Gasteiger partial charge in [-0.2, -0.15) is 9.97 Å². The molecular weight excluding hydrogens is 737 g/mol. The Morgan fingerprint density at radius 3 is 1.78 bits per heavy atom. The maximum atomic E-state index is 13.6. The molecule has 0 aromatic carbocycles. The minimum Gasteiger partial charge on any atom is -0.437 e. The molecule has 2 amide bonds. The summed E-state index contributed by atoms with van der Waals surface area (Å²) in [6.07, 6.45) is 11.8. The predicted octanol–water partition coefficient (Wildman–Crippen LogP) is 7.65. The van der Waals surface area contributed by atoms with Crippen molar-refractivity contribution in [1.29, 1.82) is 0 Å². The number of hydrogen-bond donors (Lipinski definition) is 0. The number of hydrogen-bond acceptors (Lipinski definition) is 12. The Labute approximate surface area is 327 Å². The lowest BCUT2D eigenvalue weighted by molar-refractivity contribution is 0.0808. The summed E-state index contributed by atoms with van der Waals surface area (Å²) in [5, 5.41) is 3.55. The van der Waals surface area contributed by atoms with E-state index < -0.39 is 0 Å². The molecule has 1 saturated heterocycles. The molecule has 7 heterocycles. The quantitative estimate of drug-likeness (QED) is 0.141. The first kappa shape index (κ1) is 35.8. The van der Waals surface area contributed by atoms with Gasteiger partial charge in [0.2, 0.25) is 11.9 Å². The number of aromatic nitrogens is 6. The summed E-state index contributed by atoms with van der Waals surface area (Å²) in [4.78, 5) is 54.8. The average Bonchev–Trinajstić information content (AvgIpc) is 4.04. The van der Waals surface area contributed by atoms with E-state index in [0.717, 1.165) is 66.8 Å². The van der Waals surface area contributed by atoms with Gasteiger partial charge in [-0.25, -0.2) is 14.9 Å². The maximum Gasteiger partial charge on any atom is 0.270 e. The van der Waals surface area contributed by atoms with E-state index >= 15 is 0 Å². The molecule has 9 rings (SSSR count). The van der Waals surface area contributed by atoms with Gasteiger partial charge in [-0.05, 0) is 37.8 Å². The van der Waals surface area contributed by atoms with Crippen LogP contribution >= 0.6 is 23.6 Å². The number of anilines is 4. The molecule has 1 aliphatic heterocycles. The zero-order valence-corrected chi connectivity index (χ0v) is 33.2. The van der Waals surface area contributed by atoms with Crippen molar-refractivity contribution in [3.8, 4) is 0 Å². The molecule has 3 fully saturated rings. The van der Waals surface area contributed by atoms with E-state index in [0.29, 0.717) is 82.5 Å². The second-order valence-corrected chi connectivity index (χ2v) is 16.5. The number of ether oxygens (including phenoxy) is 1. The molecule has 0 N–H and O–H groups in total.